The Morgan fingerprint density at radius 1 is 0.444 bits per heavy atom. The van der Waals surface area contributed by atoms with Crippen LogP contribution >= 0.6 is 0 Å². The molecule has 5 aliphatic rings. The molecule has 0 N–H and O–H groups in total. The summed E-state index contributed by atoms with van der Waals surface area (Å²) in [6.45, 7) is 8.31. The minimum atomic E-state index is -0.0680. The Labute approximate surface area is 375 Å². The molecule has 3 aliphatic carbocycles. The van der Waals surface area contributed by atoms with Gasteiger partial charge in [-0.1, -0.05) is 168 Å². The number of rotatable bonds is 6. The predicted octanol–water partition coefficient (Wildman–Crippen LogP) is 16.4. The van der Waals surface area contributed by atoms with E-state index in [4.69, 9.17) is 0 Å². The molecule has 7 aromatic rings. The molecule has 1 spiro atoms. The molecule has 2 fully saturated rings. The zero-order chi connectivity index (χ0) is 42.3. The minimum Gasteiger partial charge on any atom is -0.341 e. The number of anilines is 5. The quantitative estimate of drug-likeness (QED) is 0.154. The van der Waals surface area contributed by atoms with Crippen LogP contribution in [0.2, 0.25) is 0 Å². The lowest BCUT2D eigenvalue weighted by Crippen LogP contribution is -2.30. The standard InChI is InChI=1S/C61H58N2/c1-59(2)51-17-5-8-20-57(51)63(58-21-9-6-18-52(58)59)46-28-26-44(27-29-46)48-31-24-42(39-53(48)60(3)34-10-11-35-60)22-23-43-25-32-49-50-33-30-47(62-38-14-16-45-15-4-7-19-56(45)62)41-55(50)61(54(49)40-43)36-12-13-37-61/h4-9,15,17-33,39-41H,10-14,16,34-38H2,1-3H3/b23-22+. The fourth-order valence-electron chi connectivity index (χ4n) is 12.9. The summed E-state index contributed by atoms with van der Waals surface area (Å²) >= 11 is 0. The van der Waals surface area contributed by atoms with Gasteiger partial charge >= 0.3 is 0 Å². The summed E-state index contributed by atoms with van der Waals surface area (Å²) in [4.78, 5) is 5.04. The van der Waals surface area contributed by atoms with Crippen molar-refractivity contribution in [3.63, 3.8) is 0 Å². The number of aryl methyl sites for hydroxylation is 1. The number of hydrogen-bond donors (Lipinski definition) is 0. The number of fused-ring (bicyclic) bond motifs is 8. The first-order chi connectivity index (χ1) is 30.8. The van der Waals surface area contributed by atoms with E-state index in [1.807, 2.05) is 0 Å². The smallest absolute Gasteiger partial charge is 0.0502 e. The van der Waals surface area contributed by atoms with Crippen molar-refractivity contribution in [3.8, 4) is 22.3 Å². The molecule has 0 unspecified atom stereocenters. The van der Waals surface area contributed by atoms with Gasteiger partial charge in [0.15, 0.2) is 0 Å². The summed E-state index contributed by atoms with van der Waals surface area (Å²) in [6, 6.07) is 58.3. The van der Waals surface area contributed by atoms with Crippen molar-refractivity contribution in [1.29, 1.82) is 0 Å². The van der Waals surface area contributed by atoms with E-state index in [0.717, 1.165) is 6.54 Å². The lowest BCUT2D eigenvalue weighted by molar-refractivity contribution is 0.493. The molecule has 0 atom stereocenters. The van der Waals surface area contributed by atoms with Crippen LogP contribution in [0.4, 0.5) is 28.4 Å². The maximum absolute atomic E-state index is 2.58. The van der Waals surface area contributed by atoms with Gasteiger partial charge in [0.25, 0.3) is 0 Å². The van der Waals surface area contributed by atoms with E-state index < -0.39 is 0 Å². The first-order valence-electron chi connectivity index (χ1n) is 23.9. The highest BCUT2D eigenvalue weighted by atomic mass is 15.2. The fourth-order valence-corrected chi connectivity index (χ4v) is 12.9. The van der Waals surface area contributed by atoms with Crippen LogP contribution in [-0.4, -0.2) is 6.54 Å². The van der Waals surface area contributed by atoms with Crippen LogP contribution in [0.3, 0.4) is 0 Å². The van der Waals surface area contributed by atoms with Crippen LogP contribution in [-0.2, 0) is 22.7 Å². The van der Waals surface area contributed by atoms with Gasteiger partial charge in [0.05, 0.1) is 11.4 Å². The van der Waals surface area contributed by atoms with Gasteiger partial charge in [0.1, 0.15) is 0 Å². The summed E-state index contributed by atoms with van der Waals surface area (Å²) in [5.74, 6) is 0. The third-order valence-corrected chi connectivity index (χ3v) is 16.2. The zero-order valence-corrected chi connectivity index (χ0v) is 37.3. The number of benzene rings is 7. The molecule has 312 valence electrons. The van der Waals surface area contributed by atoms with Crippen LogP contribution < -0.4 is 9.80 Å². The second-order valence-electron chi connectivity index (χ2n) is 20.2. The van der Waals surface area contributed by atoms with E-state index in [0.29, 0.717) is 0 Å². The maximum Gasteiger partial charge on any atom is 0.0502 e. The molecule has 0 bridgehead atoms. The Hall–Kier alpha value is -6.12. The minimum absolute atomic E-state index is 0.0680. The second kappa shape index (κ2) is 14.7. The Bertz CT molecular complexity index is 2880. The number of para-hydroxylation sites is 3. The van der Waals surface area contributed by atoms with Crippen molar-refractivity contribution in [2.75, 3.05) is 16.3 Å². The van der Waals surface area contributed by atoms with Gasteiger partial charge in [-0.3, -0.25) is 0 Å². The van der Waals surface area contributed by atoms with Gasteiger partial charge in [0.2, 0.25) is 0 Å². The average Bonchev–Trinajstić information content (AvgIpc) is 4.07. The largest absolute Gasteiger partial charge is 0.341 e. The van der Waals surface area contributed by atoms with Gasteiger partial charge in [-0.25, -0.2) is 0 Å². The summed E-state index contributed by atoms with van der Waals surface area (Å²) in [6.07, 6.45) is 17.3. The monoisotopic (exact) mass is 818 g/mol. The highest BCUT2D eigenvalue weighted by Gasteiger charge is 2.45. The molecule has 2 nitrogen and oxygen atoms in total. The van der Waals surface area contributed by atoms with Gasteiger partial charge in [0, 0.05) is 34.4 Å². The van der Waals surface area contributed by atoms with Crippen LogP contribution in [0.5, 0.6) is 0 Å². The molecule has 0 saturated heterocycles. The van der Waals surface area contributed by atoms with Gasteiger partial charge in [-0.15, -0.1) is 0 Å². The van der Waals surface area contributed by atoms with Crippen molar-refractivity contribution in [3.05, 3.63) is 196 Å². The molecule has 12 rings (SSSR count). The van der Waals surface area contributed by atoms with E-state index in [-0.39, 0.29) is 16.2 Å². The molecule has 0 aromatic heterocycles. The van der Waals surface area contributed by atoms with Crippen molar-refractivity contribution in [2.24, 2.45) is 0 Å². The van der Waals surface area contributed by atoms with Gasteiger partial charge in [-0.2, -0.15) is 0 Å². The normalized spacial score (nSPS) is 18.6. The topological polar surface area (TPSA) is 6.48 Å². The van der Waals surface area contributed by atoms with Crippen molar-refractivity contribution in [1.82, 2.24) is 0 Å². The number of hydrogen-bond acceptors (Lipinski definition) is 2. The third-order valence-electron chi connectivity index (χ3n) is 16.2. The van der Waals surface area contributed by atoms with E-state index >= 15 is 0 Å². The Balaban J connectivity index is 0.864. The van der Waals surface area contributed by atoms with E-state index in [9.17, 15) is 0 Å². The summed E-state index contributed by atoms with van der Waals surface area (Å²) in [7, 11) is 0. The lowest BCUT2D eigenvalue weighted by Gasteiger charge is -2.42. The van der Waals surface area contributed by atoms with E-state index in [2.05, 4.69) is 194 Å². The van der Waals surface area contributed by atoms with Gasteiger partial charge < -0.3 is 9.80 Å². The SMILES string of the molecule is CC1(c2cc(/C=C/c3ccc4c(c3)C3(CCCC3)c3cc(N5CCCc6ccccc65)ccc3-4)ccc2-c2ccc(N3c4ccccc4C(C)(C)c4ccccc43)cc2)CCCC1. The first kappa shape index (κ1) is 38.5. The number of nitrogens with zero attached hydrogens (tertiary/aromatic N) is 2. The van der Waals surface area contributed by atoms with Crippen molar-refractivity contribution in [2.45, 2.75) is 101 Å². The molecule has 63 heavy (non-hydrogen) atoms. The van der Waals surface area contributed by atoms with Crippen molar-refractivity contribution >= 4 is 40.6 Å². The molecular weight excluding hydrogens is 761 g/mol. The van der Waals surface area contributed by atoms with Gasteiger partial charge in [-0.05, 0) is 153 Å². The average molecular weight is 819 g/mol. The first-order valence-corrected chi connectivity index (χ1v) is 23.9. The molecule has 7 aromatic carbocycles. The Morgan fingerprint density at radius 2 is 0.984 bits per heavy atom. The molecule has 0 amide bonds. The lowest BCUT2D eigenvalue weighted by atomic mass is 9.73. The third kappa shape index (κ3) is 6.11. The molecule has 2 heterocycles. The summed E-state index contributed by atoms with van der Waals surface area (Å²) in [5.41, 5.74) is 23.6. The van der Waals surface area contributed by atoms with Crippen LogP contribution in [0.25, 0.3) is 34.4 Å². The second-order valence-corrected chi connectivity index (χ2v) is 20.2. The van der Waals surface area contributed by atoms with Crippen LogP contribution in [0.1, 0.15) is 123 Å². The summed E-state index contributed by atoms with van der Waals surface area (Å²) in [5, 5.41) is 0. The molecular formula is C61H58N2. The molecule has 2 heteroatoms. The molecule has 2 aliphatic heterocycles. The van der Waals surface area contributed by atoms with E-state index in [1.54, 1.807) is 11.1 Å². The van der Waals surface area contributed by atoms with E-state index in [1.165, 1.54) is 148 Å². The molecule has 2 saturated carbocycles. The Morgan fingerprint density at radius 3 is 1.67 bits per heavy atom. The van der Waals surface area contributed by atoms with Crippen LogP contribution in [0.15, 0.2) is 152 Å². The predicted molar refractivity (Wildman–Crippen MR) is 266 cm³/mol. The van der Waals surface area contributed by atoms with Crippen LogP contribution in [0, 0.1) is 0 Å². The van der Waals surface area contributed by atoms with Crippen molar-refractivity contribution < 1.29 is 0 Å². The fraction of sp³-hybridized carbons (Fsp3) is 0.279. The molecule has 0 radical (unpaired) electrons. The zero-order valence-electron chi connectivity index (χ0n) is 37.3. The summed E-state index contributed by atoms with van der Waals surface area (Å²) < 4.78 is 0. The maximum atomic E-state index is 2.58. The highest BCUT2D eigenvalue weighted by molar-refractivity contribution is 5.88. The Kier molecular flexibility index (Phi) is 9.01. The highest BCUT2D eigenvalue weighted by Crippen LogP contribution is 2.58.